The Morgan fingerprint density at radius 1 is 1.21 bits per heavy atom. The Hall–Kier alpha value is -1.29. The van der Waals surface area contributed by atoms with Gasteiger partial charge in [-0.1, -0.05) is 0 Å². The fourth-order valence-corrected chi connectivity index (χ4v) is 0.803. The Labute approximate surface area is 95.2 Å². The Bertz CT molecular complexity index is 310. The molecule has 0 aromatic heterocycles. The molecule has 2 aromatic carbocycles. The second-order valence-corrected chi connectivity index (χ2v) is 2.31. The number of hydrogen-bond acceptors (Lipinski definition) is 1. The van der Waals surface area contributed by atoms with Crippen molar-refractivity contribution >= 4 is 0 Å². The molecule has 14 heavy (non-hydrogen) atoms. The van der Waals surface area contributed by atoms with Crippen LogP contribution in [0.25, 0.3) is 0 Å². The van der Waals surface area contributed by atoms with Gasteiger partial charge in [-0.25, -0.2) is 12.1 Å². The molecule has 0 radical (unpaired) electrons. The number of nitrogens with zero attached hydrogens (tertiary/aromatic N) is 1. The van der Waals surface area contributed by atoms with Crippen molar-refractivity contribution < 1.29 is 17.1 Å². The van der Waals surface area contributed by atoms with E-state index in [1.807, 2.05) is 24.3 Å². The second-order valence-electron chi connectivity index (χ2n) is 2.31. The van der Waals surface area contributed by atoms with E-state index in [1.54, 1.807) is 6.07 Å². The molecule has 0 spiro atoms. The molecule has 0 N–H and O–H groups in total. The summed E-state index contributed by atoms with van der Waals surface area (Å²) in [5.41, 5.74) is 1.10. The van der Waals surface area contributed by atoms with Crippen LogP contribution < -0.4 is 0 Å². The van der Waals surface area contributed by atoms with E-state index in [2.05, 4.69) is 30.3 Å². The average molecular weight is 221 g/mol. The van der Waals surface area contributed by atoms with Crippen LogP contribution in [-0.4, -0.2) is 0 Å². The van der Waals surface area contributed by atoms with Gasteiger partial charge >= 0.3 is 0 Å². The quantitative estimate of drug-likeness (QED) is 0.534. The second kappa shape index (κ2) is 8.31. The van der Waals surface area contributed by atoms with Crippen molar-refractivity contribution in [2.75, 3.05) is 0 Å². The predicted octanol–water partition coefficient (Wildman–Crippen LogP) is 2.08. The topological polar surface area (TPSA) is 23.8 Å². The average Bonchev–Trinajstić information content (AvgIpc) is 2.79. The van der Waals surface area contributed by atoms with E-state index in [0.717, 1.165) is 5.56 Å². The van der Waals surface area contributed by atoms with Gasteiger partial charge in [-0.05, 0) is 0 Å². The Morgan fingerprint density at radius 3 is 2.14 bits per heavy atom. The van der Waals surface area contributed by atoms with Gasteiger partial charge in [-0.3, -0.25) is 0 Å². The summed E-state index contributed by atoms with van der Waals surface area (Å²) in [6.07, 6.45) is 0.535. The molecule has 0 saturated carbocycles. The molecule has 0 aliphatic rings. The van der Waals surface area contributed by atoms with E-state index in [4.69, 9.17) is 5.26 Å². The molecule has 2 heteroatoms. The third-order valence-electron chi connectivity index (χ3n) is 1.37. The zero-order chi connectivity index (χ0) is 9.36. The van der Waals surface area contributed by atoms with Gasteiger partial charge < -0.3 is 30.3 Å². The van der Waals surface area contributed by atoms with Gasteiger partial charge in [0.1, 0.15) is 0 Å². The standard InChI is InChI=1S/C7H6N.C5H.Fe/c8-6-5-7-3-1-2-4-7;1-2-4-5-3-1;/h1-4H,5H2;1H;/q-1;-5;. The van der Waals surface area contributed by atoms with Gasteiger partial charge in [0.05, 0.1) is 6.07 Å². The van der Waals surface area contributed by atoms with Gasteiger partial charge in [0.2, 0.25) is 0 Å². The largest absolute Gasteiger partial charge is 0.999 e. The van der Waals surface area contributed by atoms with Crippen LogP contribution in [0.1, 0.15) is 5.56 Å². The minimum atomic E-state index is 0. The smallest absolute Gasteiger partial charge is 0.0542 e. The molecule has 0 fully saturated rings. The first kappa shape index (κ1) is 12.7. The molecule has 0 aliphatic carbocycles. The van der Waals surface area contributed by atoms with Crippen molar-refractivity contribution in [3.8, 4) is 6.07 Å². The van der Waals surface area contributed by atoms with Crippen LogP contribution in [0, 0.1) is 35.6 Å². The fourth-order valence-electron chi connectivity index (χ4n) is 0.803. The molecule has 0 amide bonds. The van der Waals surface area contributed by atoms with Gasteiger partial charge in [-0.2, -0.15) is 17.4 Å². The maximum Gasteiger partial charge on any atom is 0.0542 e. The molecule has 0 atom stereocenters. The molecule has 1 nitrogen and oxygen atoms in total. The third kappa shape index (κ3) is 5.37. The van der Waals surface area contributed by atoms with Gasteiger partial charge in [0.15, 0.2) is 0 Å². The van der Waals surface area contributed by atoms with Gasteiger partial charge in [-0.15, -0.1) is 5.56 Å². The summed E-state index contributed by atoms with van der Waals surface area (Å²) >= 11 is 0. The van der Waals surface area contributed by atoms with Crippen molar-refractivity contribution in [2.24, 2.45) is 0 Å². The van der Waals surface area contributed by atoms with E-state index in [-0.39, 0.29) is 17.1 Å². The van der Waals surface area contributed by atoms with Crippen molar-refractivity contribution in [1.82, 2.24) is 0 Å². The number of nitriles is 1. The molecule has 74 valence electrons. The molecule has 2 rings (SSSR count). The first-order chi connectivity index (χ1) is 6.43. The van der Waals surface area contributed by atoms with Crippen LogP contribution in [0.15, 0.2) is 30.3 Å². The van der Waals surface area contributed by atoms with E-state index >= 15 is 0 Å². The Balaban J connectivity index is 0.000000246. The summed E-state index contributed by atoms with van der Waals surface area (Å²) in [6.45, 7) is 0. The zero-order valence-electron chi connectivity index (χ0n) is 7.39. The minimum Gasteiger partial charge on any atom is -0.999 e. The van der Waals surface area contributed by atoms with Gasteiger partial charge in [0.25, 0.3) is 0 Å². The zero-order valence-corrected chi connectivity index (χ0v) is 8.50. The summed E-state index contributed by atoms with van der Waals surface area (Å²) in [4.78, 5) is 0. The van der Waals surface area contributed by atoms with Crippen molar-refractivity contribution in [3.63, 3.8) is 0 Å². The molecule has 0 saturated heterocycles. The van der Waals surface area contributed by atoms with E-state index in [9.17, 15) is 0 Å². The predicted molar refractivity (Wildman–Crippen MR) is 48.7 cm³/mol. The van der Waals surface area contributed by atoms with Crippen molar-refractivity contribution in [1.29, 1.82) is 5.26 Å². The maximum absolute atomic E-state index is 8.19. The molecule has 2 aromatic rings. The molecular formula is C12H7FeN-6. The minimum absolute atomic E-state index is 0. The molecule has 0 bridgehead atoms. The SMILES string of the molecule is N#CC[c-]1cccc1.[Fe].[c-]1[c-][c-][cH-][c-]1. The maximum atomic E-state index is 8.19. The summed E-state index contributed by atoms with van der Waals surface area (Å²) in [7, 11) is 0. The molecule has 0 heterocycles. The summed E-state index contributed by atoms with van der Waals surface area (Å²) in [5, 5.41) is 8.19. The first-order valence-corrected chi connectivity index (χ1v) is 3.84. The Kier molecular flexibility index (Phi) is 7.55. The number of rotatable bonds is 1. The summed E-state index contributed by atoms with van der Waals surface area (Å²) in [6, 6.07) is 21.8. The van der Waals surface area contributed by atoms with Gasteiger partial charge in [0, 0.05) is 23.5 Å². The normalized spacial score (nSPS) is 7.64. The van der Waals surface area contributed by atoms with Crippen molar-refractivity contribution in [3.05, 3.63) is 60.2 Å². The van der Waals surface area contributed by atoms with Crippen LogP contribution in [0.5, 0.6) is 0 Å². The fraction of sp³-hybridized carbons (Fsp3) is 0.0833. The van der Waals surface area contributed by atoms with E-state index < -0.39 is 0 Å². The molecule has 0 aliphatic heterocycles. The Morgan fingerprint density at radius 2 is 1.79 bits per heavy atom. The monoisotopic (exact) mass is 221 g/mol. The van der Waals surface area contributed by atoms with Crippen LogP contribution in [0.3, 0.4) is 0 Å². The molecular weight excluding hydrogens is 214 g/mol. The van der Waals surface area contributed by atoms with E-state index in [1.165, 1.54) is 0 Å². The van der Waals surface area contributed by atoms with E-state index in [0.29, 0.717) is 6.42 Å². The van der Waals surface area contributed by atoms with Crippen LogP contribution in [0.4, 0.5) is 0 Å². The summed E-state index contributed by atoms with van der Waals surface area (Å²) < 4.78 is 0. The van der Waals surface area contributed by atoms with Crippen LogP contribution >= 0.6 is 0 Å². The third-order valence-corrected chi connectivity index (χ3v) is 1.37. The summed E-state index contributed by atoms with van der Waals surface area (Å²) in [5.74, 6) is 0. The van der Waals surface area contributed by atoms with Crippen LogP contribution in [-0.2, 0) is 23.5 Å². The first-order valence-electron chi connectivity index (χ1n) is 3.84. The van der Waals surface area contributed by atoms with Crippen molar-refractivity contribution in [2.45, 2.75) is 6.42 Å². The molecule has 0 unspecified atom stereocenters. The van der Waals surface area contributed by atoms with Crippen LogP contribution in [0.2, 0.25) is 0 Å². The number of hydrogen-bond donors (Lipinski definition) is 0.